The van der Waals surface area contributed by atoms with Gasteiger partial charge in [0.1, 0.15) is 0 Å². The molecule has 4 aliphatic heterocycles. The Labute approximate surface area is 819 Å². The number of nitrogens with two attached hydrogens (primary N) is 2. The summed E-state index contributed by atoms with van der Waals surface area (Å²) in [5, 5.41) is 35.9. The maximum atomic E-state index is 14.1. The van der Waals surface area contributed by atoms with Gasteiger partial charge in [0.25, 0.3) is 30.1 Å². The summed E-state index contributed by atoms with van der Waals surface area (Å²) in [7, 11) is 7.87. The Bertz CT molecular complexity index is 5230. The molecule has 131 heavy (non-hydrogen) atoms. The van der Waals surface area contributed by atoms with Gasteiger partial charge in [-0.15, -0.1) is 0 Å². The fourth-order valence-corrected chi connectivity index (χ4v) is 24.1. The standard InChI is InChI=1S/C25H29N3O2.C25H28N2O3.C25H28N2O2S.C22H24N2O3.C3H6BO2.CH2O3.H3NO.2Na.H/c1-30-20-10-12-24(13-11-20)15-18-7-6-17(5-4-16-2-3-16)14-21(18)25(24)22(29)28(19-8-9-19)23(26)27-25;1-30-20-10-12-24(13-11-20)15-18-7-6-17(5-4-16-2-3-16)14-21(18)25(24)22(28)27(19-8-9-19)23(29)26-25;1-29-20-10-12-24(13-11-20)15-18-7-6-17(5-4-16-2-3-16)14-21(18)25(24)22(28)27(19-8-9-19)23(30)26-25;1-27-17-8-10-21(11-9-17)13-16-7-6-15(5-4-14-2-3-14)12-18(16)22(21)19(25)23-20(26)24-22;5-4-6-3-1-2-3;2-1-4-3;1-2;;;/h6-7,14,16,19-20H,2-3,8-13,15H2,1H3,(H2,26,27);6-7,14,16,19-20H,2-3,8-13,15H2,1H3,(H,26,29);6-7,14,16,19-20H,2-3,8-13,15H2,1H3,(H,26,30);6-7,12,14,17H,2-3,8-11,13H2,1H3,(H2,23,24,25,26);3,5H,1-2H2;1,3H;2H,1H2;;;/q;;;;;;;2*+1;-1/p-1. The zero-order valence-corrected chi connectivity index (χ0v) is 81.2. The molecule has 10 N–H and O–H groups in total. The average Bonchev–Trinajstić information content (AvgIpc) is 1.69. The molecule has 15 fully saturated rings. The van der Waals surface area contributed by atoms with Gasteiger partial charge in [-0.2, -0.15) is 0 Å². The van der Waals surface area contributed by atoms with Gasteiger partial charge in [0.05, 0.1) is 24.4 Å². The van der Waals surface area contributed by atoms with E-state index in [1.165, 1.54) is 73.0 Å². The van der Waals surface area contributed by atoms with E-state index in [4.69, 9.17) is 62.2 Å². The number of benzene rings is 4. The molecule has 0 bridgehead atoms. The molecule has 4 heterocycles. The van der Waals surface area contributed by atoms with Crippen LogP contribution in [0.2, 0.25) is 0 Å². The minimum Gasteiger partial charge on any atom is -1.00 e. The summed E-state index contributed by atoms with van der Waals surface area (Å²) < 4.78 is 27.0. The first-order chi connectivity index (χ1) is 62.6. The van der Waals surface area contributed by atoms with Crippen LogP contribution in [0.1, 0.15) is 274 Å². The molecule has 20 aliphatic rings. The number of aliphatic imine (C=N–C) groups is 1. The number of hydrogen-bond acceptors (Lipinski definition) is 20. The SMILES string of the molecule is COC1CCC2(CC1)Cc1ccc(C#CC3CC3)cc1C21N=C(N)N(C2CC2)C1=O.COC1CCC2(CC1)Cc1ccc(C#CC3CC3)cc1C21NC(=O)N(C2CC2)C1=O.COC1CCC2(CC1)Cc1ccc(C#CC3CC3)cc1C21NC(=O)NC1=O.COC1CCC2(CC1)Cc1ccc(C#CC3CC3)cc1C21NC(=S)N(C2CC2)C1=O.NO.O=CO[O-].O[B]OC1CC1.[H-].[Na+].[Na+]. The van der Waals surface area contributed by atoms with Crippen LogP contribution in [0, 0.1) is 92.7 Å². The van der Waals surface area contributed by atoms with Crippen molar-refractivity contribution < 1.29 is 138 Å². The monoisotopic (exact) mass is 1820 g/mol. The van der Waals surface area contributed by atoms with E-state index in [9.17, 15) is 28.8 Å². The maximum Gasteiger partial charge on any atom is 1.00 e. The summed E-state index contributed by atoms with van der Waals surface area (Å²) in [5.41, 5.74) is 14.8. The molecular weight excluding hydrogens is 1700 g/mol. The number of methoxy groups -OCH3 is 4. The van der Waals surface area contributed by atoms with E-state index >= 15 is 0 Å². The summed E-state index contributed by atoms with van der Waals surface area (Å²) in [6.45, 7) is -0.181. The quantitative estimate of drug-likeness (QED) is 0.0207. The van der Waals surface area contributed by atoms with Crippen molar-refractivity contribution in [1.82, 2.24) is 36.0 Å². The summed E-state index contributed by atoms with van der Waals surface area (Å²) in [5.74, 6) is 32.8. The molecule has 4 atom stereocenters. The fourth-order valence-electron chi connectivity index (χ4n) is 23.7. The molecule has 8 spiro atoms. The van der Waals surface area contributed by atoms with Crippen molar-refractivity contribution in [2.24, 2.45) is 62.0 Å². The topological polar surface area (TPSA) is 361 Å². The van der Waals surface area contributed by atoms with E-state index in [2.05, 4.69) is 151 Å². The largest absolute Gasteiger partial charge is 1.00 e. The van der Waals surface area contributed by atoms with Crippen LogP contribution in [-0.2, 0) is 100 Å². The molecular formula is C101H120BN10Na2O16S. The number of fused-ring (bicyclic) bond motifs is 12. The zero-order chi connectivity index (χ0) is 90.0. The molecule has 30 heteroatoms. The second-order valence-electron chi connectivity index (χ2n) is 39.8. The van der Waals surface area contributed by atoms with Crippen LogP contribution in [0.4, 0.5) is 9.59 Å². The summed E-state index contributed by atoms with van der Waals surface area (Å²) in [6, 6.07) is 25.5. The van der Waals surface area contributed by atoms with Crippen molar-refractivity contribution in [1.29, 1.82) is 0 Å². The Morgan fingerprint density at radius 1 is 0.450 bits per heavy atom. The van der Waals surface area contributed by atoms with Crippen LogP contribution in [0.3, 0.4) is 0 Å². The predicted molar refractivity (Wildman–Crippen MR) is 481 cm³/mol. The second kappa shape index (κ2) is 39.3. The van der Waals surface area contributed by atoms with Gasteiger partial charge in [-0.05, 0) is 336 Å². The van der Waals surface area contributed by atoms with Crippen LogP contribution in [0.5, 0.6) is 0 Å². The number of hydrogen-bond donors (Lipinski definition) is 8. The normalized spacial score (nSPS) is 32.1. The van der Waals surface area contributed by atoms with Crippen molar-refractivity contribution in [2.75, 3.05) is 28.4 Å². The van der Waals surface area contributed by atoms with E-state index in [0.29, 0.717) is 47.0 Å². The van der Waals surface area contributed by atoms with E-state index < -0.39 is 28.2 Å². The number of nitrogens with one attached hydrogen (secondary N) is 4. The first kappa shape index (κ1) is 96.6. The van der Waals surface area contributed by atoms with Gasteiger partial charge in [-0.3, -0.25) is 44.0 Å². The maximum absolute atomic E-state index is 14.1. The number of nitrogens with zero attached hydrogens (tertiary/aromatic N) is 4. The molecule has 4 unspecified atom stereocenters. The Morgan fingerprint density at radius 3 is 1.11 bits per heavy atom. The molecule has 8 amide bonds. The number of rotatable bonds is 10. The Kier molecular flexibility index (Phi) is 29.0. The van der Waals surface area contributed by atoms with Crippen molar-refractivity contribution in [3.63, 3.8) is 0 Å². The van der Waals surface area contributed by atoms with Crippen molar-refractivity contribution in [3.8, 4) is 47.4 Å². The van der Waals surface area contributed by atoms with Crippen LogP contribution in [0.25, 0.3) is 0 Å². The van der Waals surface area contributed by atoms with E-state index in [1.54, 1.807) is 28.4 Å². The molecule has 16 aliphatic carbocycles. The molecule has 4 aromatic rings. The Hall–Kier alpha value is -7.53. The Morgan fingerprint density at radius 2 is 0.779 bits per heavy atom. The molecule has 26 nitrogen and oxygen atoms in total. The first-order valence-electron chi connectivity index (χ1n) is 47.0. The number of carbonyl (C=O) groups excluding carboxylic acids is 7. The van der Waals surface area contributed by atoms with Gasteiger partial charge in [-0.25, -0.2) is 20.5 Å². The minimum absolute atomic E-state index is 0. The minimum atomic E-state index is -0.977. The van der Waals surface area contributed by atoms with Gasteiger partial charge in [0.15, 0.2) is 33.2 Å². The third-order valence-corrected chi connectivity index (χ3v) is 32.1. The predicted octanol–water partition coefficient (Wildman–Crippen LogP) is 4.43. The number of guanidine groups is 1. The zero-order valence-electron chi connectivity index (χ0n) is 77.4. The van der Waals surface area contributed by atoms with Gasteiger partial charge < -0.3 is 67.1 Å². The molecule has 12 saturated carbocycles. The van der Waals surface area contributed by atoms with E-state index in [1.807, 2.05) is 15.9 Å². The smallest absolute Gasteiger partial charge is 1.00 e. The summed E-state index contributed by atoms with van der Waals surface area (Å²) in [4.78, 5) is 102. The number of amides is 8. The average molecular weight is 1820 g/mol. The van der Waals surface area contributed by atoms with Crippen molar-refractivity contribution in [3.05, 3.63) is 140 Å². The molecule has 4 aromatic carbocycles. The van der Waals surface area contributed by atoms with Gasteiger partial charge in [-0.1, -0.05) is 71.6 Å². The van der Waals surface area contributed by atoms with Crippen molar-refractivity contribution in [2.45, 2.75) is 302 Å². The molecule has 681 valence electrons. The molecule has 0 aromatic heterocycles. The fraction of sp³-hybridized carbons (Fsp3) is 0.594. The van der Waals surface area contributed by atoms with Crippen LogP contribution >= 0.6 is 12.2 Å². The van der Waals surface area contributed by atoms with Gasteiger partial charge in [0.2, 0.25) is 0 Å². The van der Waals surface area contributed by atoms with Crippen LogP contribution in [0.15, 0.2) is 77.8 Å². The molecule has 3 saturated heterocycles. The number of urea groups is 2. The van der Waals surface area contributed by atoms with Crippen LogP contribution in [-0.4, -0.2) is 163 Å². The second-order valence-corrected chi connectivity index (χ2v) is 40.2. The number of ether oxygens (including phenoxy) is 4. The molecule has 1 radical (unpaired) electrons. The number of imide groups is 2. The van der Waals surface area contributed by atoms with Gasteiger partial charge in [0, 0.05) is 120 Å². The van der Waals surface area contributed by atoms with Gasteiger partial charge >= 0.3 is 78.9 Å². The summed E-state index contributed by atoms with van der Waals surface area (Å²) in [6.07, 6.45) is 37.5. The molecule has 24 rings (SSSR count). The number of thiocarbonyl (C=S) groups is 1. The van der Waals surface area contributed by atoms with E-state index in [0.717, 1.165) is 238 Å². The number of carbonyl (C=O) groups is 7. The van der Waals surface area contributed by atoms with Crippen molar-refractivity contribution >= 4 is 73.1 Å². The Balaban J connectivity index is 0.000000128. The third-order valence-electron chi connectivity index (χ3n) is 31.8. The third kappa shape index (κ3) is 18.2. The van der Waals surface area contributed by atoms with Crippen LogP contribution < -0.4 is 97.3 Å². The first-order valence-corrected chi connectivity index (χ1v) is 47.5. The van der Waals surface area contributed by atoms with E-state index in [-0.39, 0.29) is 155 Å². The summed E-state index contributed by atoms with van der Waals surface area (Å²) >= 11 is 5.74.